The molecule has 0 radical (unpaired) electrons. The summed E-state index contributed by atoms with van der Waals surface area (Å²) in [7, 11) is 1.50. The second kappa shape index (κ2) is 2.99. The molecular formula is C7H11ClO3. The minimum atomic E-state index is -1.17. The fourth-order valence-electron chi connectivity index (χ4n) is 1.48. The summed E-state index contributed by atoms with van der Waals surface area (Å²) in [5.74, 6) is -0.969. The molecule has 2 atom stereocenters. The molecule has 3 nitrogen and oxygen atoms in total. The number of aliphatic carboxylic acids is 1. The van der Waals surface area contributed by atoms with Crippen molar-refractivity contribution < 1.29 is 14.6 Å². The van der Waals surface area contributed by atoms with E-state index >= 15 is 0 Å². The van der Waals surface area contributed by atoms with Gasteiger partial charge in [-0.05, 0) is 19.3 Å². The van der Waals surface area contributed by atoms with Crippen LogP contribution in [-0.2, 0) is 9.53 Å². The highest BCUT2D eigenvalue weighted by atomic mass is 35.5. The van der Waals surface area contributed by atoms with Crippen LogP contribution in [-0.4, -0.2) is 29.2 Å². The third kappa shape index (κ3) is 1.35. The molecule has 1 aliphatic carbocycles. The number of carboxylic acid groups (broad SMARTS) is 1. The summed E-state index contributed by atoms with van der Waals surface area (Å²) in [6.07, 6.45) is 1.74. The van der Waals surface area contributed by atoms with E-state index in [0.717, 1.165) is 12.8 Å². The predicted molar refractivity (Wildman–Crippen MR) is 40.9 cm³/mol. The van der Waals surface area contributed by atoms with Gasteiger partial charge in [-0.1, -0.05) is 0 Å². The number of rotatable bonds is 2. The van der Waals surface area contributed by atoms with Gasteiger partial charge in [-0.25, -0.2) is 0 Å². The molecule has 0 aromatic carbocycles. The number of carbonyl (C=O) groups is 1. The van der Waals surface area contributed by atoms with Crippen molar-refractivity contribution in [3.63, 3.8) is 0 Å². The van der Waals surface area contributed by atoms with Crippen LogP contribution in [0.25, 0.3) is 0 Å². The zero-order valence-corrected chi connectivity index (χ0v) is 7.10. The van der Waals surface area contributed by atoms with Crippen molar-refractivity contribution in [3.05, 3.63) is 0 Å². The van der Waals surface area contributed by atoms with E-state index in [0.29, 0.717) is 6.42 Å². The van der Waals surface area contributed by atoms with Crippen molar-refractivity contribution in [2.24, 2.45) is 0 Å². The maximum atomic E-state index is 10.7. The van der Waals surface area contributed by atoms with Gasteiger partial charge in [-0.2, -0.15) is 0 Å². The molecule has 0 aromatic rings. The lowest BCUT2D eigenvalue weighted by Crippen LogP contribution is -2.40. The Hall–Kier alpha value is -0.280. The highest BCUT2D eigenvalue weighted by molar-refractivity contribution is 6.34. The molecule has 1 aliphatic rings. The molecule has 64 valence electrons. The number of hydrogen-bond donors (Lipinski definition) is 1. The Labute approximate surface area is 70.3 Å². The number of alkyl halides is 1. The van der Waals surface area contributed by atoms with Crippen LogP contribution in [0.4, 0.5) is 0 Å². The second-order valence-electron chi connectivity index (χ2n) is 2.78. The molecule has 0 saturated heterocycles. The highest BCUT2D eigenvalue weighted by Crippen LogP contribution is 2.37. The second-order valence-corrected chi connectivity index (χ2v) is 3.46. The van der Waals surface area contributed by atoms with Crippen molar-refractivity contribution in [2.45, 2.75) is 30.2 Å². The fourth-order valence-corrected chi connectivity index (χ4v) is 1.82. The normalized spacial score (nSPS) is 37.5. The molecule has 1 N–H and O–H groups in total. The number of halogens is 1. The monoisotopic (exact) mass is 178 g/mol. The summed E-state index contributed by atoms with van der Waals surface area (Å²) in [4.78, 5) is 9.51. The lowest BCUT2D eigenvalue weighted by atomic mass is 10.1. The van der Waals surface area contributed by atoms with Crippen molar-refractivity contribution in [3.8, 4) is 0 Å². The minimum Gasteiger partial charge on any atom is -0.480 e. The van der Waals surface area contributed by atoms with E-state index in [1.165, 1.54) is 7.11 Å². The van der Waals surface area contributed by atoms with Crippen LogP contribution >= 0.6 is 11.6 Å². The van der Waals surface area contributed by atoms with E-state index in [1.807, 2.05) is 0 Å². The van der Waals surface area contributed by atoms with Gasteiger partial charge in [0.1, 0.15) is 0 Å². The Bertz CT molecular complexity index is 171. The first-order chi connectivity index (χ1) is 5.11. The quantitative estimate of drug-likeness (QED) is 0.648. The molecule has 0 unspecified atom stereocenters. The van der Waals surface area contributed by atoms with Crippen LogP contribution in [0.15, 0.2) is 0 Å². The van der Waals surface area contributed by atoms with Crippen molar-refractivity contribution in [2.75, 3.05) is 7.11 Å². The average molecular weight is 179 g/mol. The van der Waals surface area contributed by atoms with Crippen LogP contribution in [0.5, 0.6) is 0 Å². The van der Waals surface area contributed by atoms with Crippen LogP contribution in [0.3, 0.4) is 0 Å². The zero-order valence-electron chi connectivity index (χ0n) is 6.34. The lowest BCUT2D eigenvalue weighted by molar-refractivity contribution is -0.143. The Kier molecular flexibility index (Phi) is 2.40. The number of ether oxygens (including phenoxy) is 1. The maximum Gasteiger partial charge on any atom is 0.327 e. The predicted octanol–water partition coefficient (Wildman–Crippen LogP) is 1.25. The number of carboxylic acids is 1. The number of hydrogen-bond acceptors (Lipinski definition) is 2. The molecule has 0 amide bonds. The molecule has 0 spiro atoms. The number of methoxy groups -OCH3 is 1. The minimum absolute atomic E-state index is 0.332. The summed E-state index contributed by atoms with van der Waals surface area (Å²) < 4.78 is 4.98. The first-order valence-electron chi connectivity index (χ1n) is 3.56. The fraction of sp³-hybridized carbons (Fsp3) is 0.857. The summed E-state index contributed by atoms with van der Waals surface area (Å²) in [6.45, 7) is 0. The van der Waals surface area contributed by atoms with Gasteiger partial charge in [0.15, 0.2) is 4.87 Å². The molecule has 0 heterocycles. The van der Waals surface area contributed by atoms with Crippen molar-refractivity contribution in [1.29, 1.82) is 0 Å². The van der Waals surface area contributed by atoms with Gasteiger partial charge >= 0.3 is 5.97 Å². The smallest absolute Gasteiger partial charge is 0.327 e. The molecule has 1 fully saturated rings. The molecule has 0 bridgehead atoms. The first-order valence-corrected chi connectivity index (χ1v) is 3.94. The molecule has 0 aromatic heterocycles. The SMILES string of the molecule is CO[C@H]1CCC[C@@]1(Cl)C(=O)O. The van der Waals surface area contributed by atoms with E-state index < -0.39 is 10.8 Å². The Morgan fingerprint density at radius 1 is 1.82 bits per heavy atom. The third-order valence-electron chi connectivity index (χ3n) is 2.16. The van der Waals surface area contributed by atoms with Gasteiger partial charge in [0.25, 0.3) is 0 Å². The van der Waals surface area contributed by atoms with Gasteiger partial charge < -0.3 is 9.84 Å². The van der Waals surface area contributed by atoms with Crippen molar-refractivity contribution >= 4 is 17.6 Å². The highest BCUT2D eigenvalue weighted by Gasteiger charge is 2.48. The summed E-state index contributed by atoms with van der Waals surface area (Å²) in [5.41, 5.74) is 0. The van der Waals surface area contributed by atoms with Crippen LogP contribution in [0, 0.1) is 0 Å². The van der Waals surface area contributed by atoms with E-state index in [2.05, 4.69) is 0 Å². The molecule has 11 heavy (non-hydrogen) atoms. The zero-order chi connectivity index (χ0) is 8.48. The van der Waals surface area contributed by atoms with Gasteiger partial charge in [-0.15, -0.1) is 11.6 Å². The van der Waals surface area contributed by atoms with Gasteiger partial charge in [-0.3, -0.25) is 4.79 Å². The lowest BCUT2D eigenvalue weighted by Gasteiger charge is -2.22. The van der Waals surface area contributed by atoms with Crippen LogP contribution in [0.1, 0.15) is 19.3 Å². The largest absolute Gasteiger partial charge is 0.480 e. The van der Waals surface area contributed by atoms with E-state index in [1.54, 1.807) is 0 Å². The van der Waals surface area contributed by atoms with Gasteiger partial charge in [0, 0.05) is 7.11 Å². The Morgan fingerprint density at radius 2 is 2.45 bits per heavy atom. The summed E-state index contributed by atoms with van der Waals surface area (Å²) in [5, 5.41) is 8.76. The maximum absolute atomic E-state index is 10.7. The van der Waals surface area contributed by atoms with E-state index in [-0.39, 0.29) is 6.10 Å². The Balaban J connectivity index is 2.75. The Morgan fingerprint density at radius 3 is 2.82 bits per heavy atom. The average Bonchev–Trinajstić information content (AvgIpc) is 2.32. The first kappa shape index (κ1) is 8.81. The van der Waals surface area contributed by atoms with Crippen molar-refractivity contribution in [1.82, 2.24) is 0 Å². The van der Waals surface area contributed by atoms with E-state index in [4.69, 9.17) is 21.4 Å². The molecule has 0 aliphatic heterocycles. The van der Waals surface area contributed by atoms with Crippen LogP contribution < -0.4 is 0 Å². The van der Waals surface area contributed by atoms with E-state index in [9.17, 15) is 4.79 Å². The van der Waals surface area contributed by atoms with Gasteiger partial charge in [0.2, 0.25) is 0 Å². The molecular weight excluding hydrogens is 168 g/mol. The van der Waals surface area contributed by atoms with Crippen LogP contribution in [0.2, 0.25) is 0 Å². The molecule has 4 heteroatoms. The standard InChI is InChI=1S/C7H11ClO3/c1-11-5-3-2-4-7(5,8)6(9)10/h5H,2-4H2,1H3,(H,9,10)/t5-,7-/m0/s1. The topological polar surface area (TPSA) is 46.5 Å². The summed E-state index contributed by atoms with van der Waals surface area (Å²) >= 11 is 5.85. The molecule has 1 saturated carbocycles. The summed E-state index contributed by atoms with van der Waals surface area (Å²) in [6, 6.07) is 0. The molecule has 1 rings (SSSR count). The third-order valence-corrected chi connectivity index (χ3v) is 2.75. The van der Waals surface area contributed by atoms with Gasteiger partial charge in [0.05, 0.1) is 6.10 Å².